The molecule has 4 rings (SSSR count). The number of amides is 2. The molecule has 2 amide bonds. The predicted octanol–water partition coefficient (Wildman–Crippen LogP) is 2.82. The van der Waals surface area contributed by atoms with Crippen molar-refractivity contribution in [2.24, 2.45) is 5.92 Å². The normalized spacial score (nSPS) is 19.8. The van der Waals surface area contributed by atoms with Gasteiger partial charge in [0.25, 0.3) is 0 Å². The summed E-state index contributed by atoms with van der Waals surface area (Å²) in [6.45, 7) is 5.67. The number of carbonyl (C=O) groups excluding carboxylic acids is 2. The highest BCUT2D eigenvalue weighted by Gasteiger charge is 2.35. The molecular weight excluding hydrogens is 354 g/mol. The molecule has 2 aliphatic heterocycles. The van der Waals surface area contributed by atoms with Crippen LogP contribution in [-0.2, 0) is 14.3 Å². The third-order valence-corrected chi connectivity index (χ3v) is 5.35. The summed E-state index contributed by atoms with van der Waals surface area (Å²) in [6.07, 6.45) is 0.242. The van der Waals surface area contributed by atoms with Crippen molar-refractivity contribution in [3.05, 3.63) is 54.1 Å². The highest BCUT2D eigenvalue weighted by Crippen LogP contribution is 2.27. The lowest BCUT2D eigenvalue weighted by Crippen LogP contribution is -2.36. The second-order valence-corrected chi connectivity index (χ2v) is 7.38. The molecule has 2 heterocycles. The number of hydrogen-bond donors (Lipinski definition) is 1. The maximum absolute atomic E-state index is 12.7. The van der Waals surface area contributed by atoms with Crippen LogP contribution in [0.4, 0.5) is 17.1 Å². The van der Waals surface area contributed by atoms with Crippen molar-refractivity contribution in [1.82, 2.24) is 0 Å². The van der Waals surface area contributed by atoms with Crippen LogP contribution >= 0.6 is 0 Å². The number of morpholine rings is 1. The molecule has 2 fully saturated rings. The Morgan fingerprint density at radius 1 is 1.00 bits per heavy atom. The highest BCUT2D eigenvalue weighted by molar-refractivity contribution is 6.03. The van der Waals surface area contributed by atoms with Crippen LogP contribution in [0.3, 0.4) is 0 Å². The average Bonchev–Trinajstić information content (AvgIpc) is 3.12. The Kier molecular flexibility index (Phi) is 5.30. The average molecular weight is 379 g/mol. The van der Waals surface area contributed by atoms with E-state index in [1.807, 2.05) is 55.5 Å². The molecule has 0 aliphatic carbocycles. The first-order chi connectivity index (χ1) is 13.6. The molecule has 0 radical (unpaired) electrons. The van der Waals surface area contributed by atoms with Crippen LogP contribution < -0.4 is 15.1 Å². The van der Waals surface area contributed by atoms with Crippen LogP contribution in [0, 0.1) is 12.8 Å². The molecule has 0 saturated carbocycles. The van der Waals surface area contributed by atoms with Gasteiger partial charge in [-0.2, -0.15) is 0 Å². The number of nitrogens with one attached hydrogen (secondary N) is 1. The van der Waals surface area contributed by atoms with Gasteiger partial charge in [0.05, 0.1) is 19.1 Å². The van der Waals surface area contributed by atoms with E-state index < -0.39 is 0 Å². The van der Waals surface area contributed by atoms with Gasteiger partial charge in [0.2, 0.25) is 11.8 Å². The van der Waals surface area contributed by atoms with Gasteiger partial charge in [0.15, 0.2) is 0 Å². The van der Waals surface area contributed by atoms with Gasteiger partial charge in [-0.3, -0.25) is 9.59 Å². The van der Waals surface area contributed by atoms with Gasteiger partial charge in [-0.25, -0.2) is 0 Å². The van der Waals surface area contributed by atoms with Crippen LogP contribution in [0.5, 0.6) is 0 Å². The Morgan fingerprint density at radius 3 is 2.32 bits per heavy atom. The molecule has 0 aromatic heterocycles. The number of ether oxygens (including phenoxy) is 1. The highest BCUT2D eigenvalue weighted by atomic mass is 16.5. The molecule has 1 atom stereocenters. The van der Waals surface area contributed by atoms with Gasteiger partial charge in [-0.05, 0) is 43.3 Å². The van der Waals surface area contributed by atoms with E-state index in [4.69, 9.17) is 4.74 Å². The third kappa shape index (κ3) is 4.02. The Labute approximate surface area is 165 Å². The van der Waals surface area contributed by atoms with E-state index in [1.165, 1.54) is 0 Å². The van der Waals surface area contributed by atoms with Crippen molar-refractivity contribution in [3.63, 3.8) is 0 Å². The minimum Gasteiger partial charge on any atom is -0.378 e. The molecular formula is C22H25N3O3. The summed E-state index contributed by atoms with van der Waals surface area (Å²) >= 11 is 0. The summed E-state index contributed by atoms with van der Waals surface area (Å²) in [5.41, 5.74) is 3.87. The van der Waals surface area contributed by atoms with Crippen molar-refractivity contribution >= 4 is 28.9 Å². The molecule has 6 heteroatoms. The molecule has 0 bridgehead atoms. The molecule has 28 heavy (non-hydrogen) atoms. The first-order valence-corrected chi connectivity index (χ1v) is 9.71. The molecule has 2 saturated heterocycles. The lowest BCUT2D eigenvalue weighted by molar-refractivity contribution is -0.122. The van der Waals surface area contributed by atoms with Gasteiger partial charge in [-0.15, -0.1) is 0 Å². The van der Waals surface area contributed by atoms with E-state index in [9.17, 15) is 9.59 Å². The molecule has 146 valence electrons. The van der Waals surface area contributed by atoms with E-state index in [-0.39, 0.29) is 24.2 Å². The zero-order chi connectivity index (χ0) is 19.5. The largest absolute Gasteiger partial charge is 0.378 e. The number of aryl methyl sites for hydroxylation is 1. The molecule has 0 spiro atoms. The Bertz CT molecular complexity index is 842. The maximum atomic E-state index is 12.7. The smallest absolute Gasteiger partial charge is 0.229 e. The Hall–Kier alpha value is -2.86. The van der Waals surface area contributed by atoms with Gasteiger partial charge in [0.1, 0.15) is 0 Å². The summed E-state index contributed by atoms with van der Waals surface area (Å²) in [5, 5.41) is 2.95. The standard InChI is InChI=1S/C22H25N3O3/c1-16-2-6-20(7-3-16)25-15-17(14-21(25)26)22(27)23-18-4-8-19(9-5-18)24-10-12-28-13-11-24/h2-9,17H,10-15H2,1H3,(H,23,27)/t17-/m0/s1. The monoisotopic (exact) mass is 379 g/mol. The van der Waals surface area contributed by atoms with Gasteiger partial charge >= 0.3 is 0 Å². The zero-order valence-electron chi connectivity index (χ0n) is 16.1. The minimum absolute atomic E-state index is 0.00771. The lowest BCUT2D eigenvalue weighted by atomic mass is 10.1. The number of benzene rings is 2. The van der Waals surface area contributed by atoms with Crippen LogP contribution in [-0.4, -0.2) is 44.7 Å². The molecule has 2 aliphatic rings. The third-order valence-electron chi connectivity index (χ3n) is 5.35. The maximum Gasteiger partial charge on any atom is 0.229 e. The Balaban J connectivity index is 1.37. The fourth-order valence-corrected chi connectivity index (χ4v) is 3.68. The number of anilines is 3. The first kappa shape index (κ1) is 18.5. The molecule has 2 aromatic carbocycles. The predicted molar refractivity (Wildman–Crippen MR) is 110 cm³/mol. The van der Waals surface area contributed by atoms with E-state index in [1.54, 1.807) is 4.90 Å². The summed E-state index contributed by atoms with van der Waals surface area (Å²) in [6, 6.07) is 15.7. The van der Waals surface area contributed by atoms with Crippen molar-refractivity contribution in [2.45, 2.75) is 13.3 Å². The van der Waals surface area contributed by atoms with Crippen LogP contribution in [0.15, 0.2) is 48.5 Å². The number of rotatable bonds is 4. The molecule has 1 N–H and O–H groups in total. The van der Waals surface area contributed by atoms with Crippen molar-refractivity contribution in [2.75, 3.05) is 48.0 Å². The van der Waals surface area contributed by atoms with Crippen LogP contribution in [0.25, 0.3) is 0 Å². The van der Waals surface area contributed by atoms with Gasteiger partial charge < -0.3 is 19.9 Å². The summed E-state index contributed by atoms with van der Waals surface area (Å²) in [7, 11) is 0. The van der Waals surface area contributed by atoms with Gasteiger partial charge in [0, 0.05) is 43.1 Å². The fourth-order valence-electron chi connectivity index (χ4n) is 3.68. The number of nitrogens with zero attached hydrogens (tertiary/aromatic N) is 2. The SMILES string of the molecule is Cc1ccc(N2C[C@@H](C(=O)Nc3ccc(N4CCOCC4)cc3)CC2=O)cc1. The molecule has 2 aromatic rings. The second kappa shape index (κ2) is 8.02. The minimum atomic E-state index is -0.340. The topological polar surface area (TPSA) is 61.9 Å². The van der Waals surface area contributed by atoms with E-state index in [0.717, 1.165) is 48.9 Å². The summed E-state index contributed by atoms with van der Waals surface area (Å²) < 4.78 is 5.38. The quantitative estimate of drug-likeness (QED) is 0.887. The second-order valence-electron chi connectivity index (χ2n) is 7.38. The van der Waals surface area contributed by atoms with Crippen molar-refractivity contribution in [3.8, 4) is 0 Å². The summed E-state index contributed by atoms with van der Waals surface area (Å²) in [5.74, 6) is -0.457. The number of carbonyl (C=O) groups is 2. The van der Waals surface area contributed by atoms with Crippen molar-refractivity contribution < 1.29 is 14.3 Å². The van der Waals surface area contributed by atoms with Crippen LogP contribution in [0.1, 0.15) is 12.0 Å². The number of hydrogen-bond acceptors (Lipinski definition) is 4. The van der Waals surface area contributed by atoms with E-state index in [2.05, 4.69) is 10.2 Å². The first-order valence-electron chi connectivity index (χ1n) is 9.71. The zero-order valence-corrected chi connectivity index (χ0v) is 16.1. The molecule has 0 unspecified atom stereocenters. The Morgan fingerprint density at radius 2 is 1.64 bits per heavy atom. The molecule has 6 nitrogen and oxygen atoms in total. The fraction of sp³-hybridized carbons (Fsp3) is 0.364. The van der Waals surface area contributed by atoms with Crippen molar-refractivity contribution in [1.29, 1.82) is 0 Å². The van der Waals surface area contributed by atoms with E-state index >= 15 is 0 Å². The van der Waals surface area contributed by atoms with Gasteiger partial charge in [-0.1, -0.05) is 17.7 Å². The van der Waals surface area contributed by atoms with Crippen LogP contribution in [0.2, 0.25) is 0 Å². The summed E-state index contributed by atoms with van der Waals surface area (Å²) in [4.78, 5) is 29.0. The lowest BCUT2D eigenvalue weighted by Gasteiger charge is -2.28. The van der Waals surface area contributed by atoms with E-state index in [0.29, 0.717) is 6.54 Å².